The Bertz CT molecular complexity index is 545. The lowest BCUT2D eigenvalue weighted by molar-refractivity contribution is -0.157. The summed E-state index contributed by atoms with van der Waals surface area (Å²) in [6.45, 7) is 0. The molecule has 0 radical (unpaired) electrons. The van der Waals surface area contributed by atoms with Crippen LogP contribution in [0, 0.1) is 0 Å². The van der Waals surface area contributed by atoms with Crippen molar-refractivity contribution in [3.63, 3.8) is 0 Å². The first-order chi connectivity index (χ1) is 11.9. The Morgan fingerprint density at radius 1 is 0.880 bits per heavy atom. The Balaban J connectivity index is 1.96. The summed E-state index contributed by atoms with van der Waals surface area (Å²) in [4.78, 5) is 24.5. The Kier molecular flexibility index (Phi) is 7.68. The highest BCUT2D eigenvalue weighted by Gasteiger charge is 2.39. The molecule has 1 atom stereocenters. The normalized spacial score (nSPS) is 21.5. The summed E-state index contributed by atoms with van der Waals surface area (Å²) >= 11 is 0. The fourth-order valence-corrected chi connectivity index (χ4v) is 4.27. The van der Waals surface area contributed by atoms with Gasteiger partial charge in [0, 0.05) is 0 Å². The van der Waals surface area contributed by atoms with Crippen LogP contribution in [0.1, 0.15) is 70.6 Å². The molecular weight excluding hydrogens is 348 g/mol. The Hall–Kier alpha value is -1.15. The summed E-state index contributed by atoms with van der Waals surface area (Å²) in [5, 5.41) is -1.67. The van der Waals surface area contributed by atoms with Crippen LogP contribution in [0.15, 0.2) is 0 Å². The molecule has 2 aliphatic carbocycles. The van der Waals surface area contributed by atoms with Gasteiger partial charge in [0.1, 0.15) is 12.2 Å². The average molecular weight is 376 g/mol. The monoisotopic (exact) mass is 376 g/mol. The number of rotatable bonds is 7. The third kappa shape index (κ3) is 6.26. The van der Waals surface area contributed by atoms with Crippen LogP contribution in [0.3, 0.4) is 0 Å². The fraction of sp³-hybridized carbons (Fsp3) is 0.882. The third-order valence-electron chi connectivity index (χ3n) is 4.88. The van der Waals surface area contributed by atoms with Gasteiger partial charge >= 0.3 is 11.9 Å². The molecule has 0 aromatic carbocycles. The van der Waals surface area contributed by atoms with Gasteiger partial charge in [0.05, 0.1) is 13.5 Å². The van der Waals surface area contributed by atoms with Crippen LogP contribution >= 0.6 is 0 Å². The molecule has 0 saturated heterocycles. The zero-order valence-corrected chi connectivity index (χ0v) is 15.6. The summed E-state index contributed by atoms with van der Waals surface area (Å²) in [5.41, 5.74) is 0. The molecular formula is C17H28O7S. The highest BCUT2D eigenvalue weighted by Crippen LogP contribution is 2.24. The standard InChI is InChI=1S/C17H28O7S/c1-22-25(20,21)15(17(19)24-14-10-6-3-7-11-14)12-16(18)23-13-8-4-2-5-9-13/h13-15H,2-12H2,1H3. The molecule has 1 unspecified atom stereocenters. The van der Waals surface area contributed by atoms with Gasteiger partial charge in [-0.2, -0.15) is 8.42 Å². The van der Waals surface area contributed by atoms with Gasteiger partial charge in [0.25, 0.3) is 10.1 Å². The molecule has 0 aromatic heterocycles. The molecule has 2 rings (SSSR count). The predicted octanol–water partition coefficient (Wildman–Crippen LogP) is 2.47. The summed E-state index contributed by atoms with van der Waals surface area (Å²) in [6, 6.07) is 0. The Labute approximate surface area is 149 Å². The van der Waals surface area contributed by atoms with E-state index in [0.29, 0.717) is 0 Å². The topological polar surface area (TPSA) is 96.0 Å². The number of hydrogen-bond donors (Lipinski definition) is 0. The Morgan fingerprint density at radius 3 is 1.84 bits per heavy atom. The highest BCUT2D eigenvalue weighted by atomic mass is 32.2. The van der Waals surface area contributed by atoms with Gasteiger partial charge < -0.3 is 9.47 Å². The molecule has 2 saturated carbocycles. The van der Waals surface area contributed by atoms with E-state index >= 15 is 0 Å². The molecule has 0 spiro atoms. The number of hydrogen-bond acceptors (Lipinski definition) is 7. The minimum absolute atomic E-state index is 0.193. The molecule has 8 heteroatoms. The third-order valence-corrected chi connectivity index (χ3v) is 6.40. The van der Waals surface area contributed by atoms with Crippen molar-refractivity contribution in [3.05, 3.63) is 0 Å². The summed E-state index contributed by atoms with van der Waals surface area (Å²) < 4.78 is 39.3. The van der Waals surface area contributed by atoms with Crippen LogP contribution in [-0.2, 0) is 33.4 Å². The van der Waals surface area contributed by atoms with Crippen molar-refractivity contribution in [2.75, 3.05) is 7.11 Å². The van der Waals surface area contributed by atoms with Crippen molar-refractivity contribution in [3.8, 4) is 0 Å². The largest absolute Gasteiger partial charge is 0.462 e. The first-order valence-corrected chi connectivity index (χ1v) is 10.6. The first kappa shape index (κ1) is 20.2. The predicted molar refractivity (Wildman–Crippen MR) is 90.3 cm³/mol. The van der Waals surface area contributed by atoms with Crippen molar-refractivity contribution in [2.24, 2.45) is 0 Å². The molecule has 0 heterocycles. The van der Waals surface area contributed by atoms with Gasteiger partial charge in [-0.25, -0.2) is 0 Å². The molecule has 7 nitrogen and oxygen atoms in total. The van der Waals surface area contributed by atoms with E-state index in [1.54, 1.807) is 0 Å². The summed E-state index contributed by atoms with van der Waals surface area (Å²) in [6.07, 6.45) is 8.01. The minimum atomic E-state index is -4.22. The van der Waals surface area contributed by atoms with Crippen molar-refractivity contribution in [2.45, 2.75) is 88.1 Å². The van der Waals surface area contributed by atoms with Crippen LogP contribution in [0.2, 0.25) is 0 Å². The lowest BCUT2D eigenvalue weighted by Crippen LogP contribution is -2.38. The number of carbonyl (C=O) groups is 2. The van der Waals surface area contributed by atoms with Crippen LogP contribution in [-0.4, -0.2) is 44.9 Å². The van der Waals surface area contributed by atoms with Gasteiger partial charge in [-0.15, -0.1) is 0 Å². The summed E-state index contributed by atoms with van der Waals surface area (Å²) in [7, 11) is -3.25. The molecule has 0 N–H and O–H groups in total. The molecule has 0 aliphatic heterocycles. The second-order valence-electron chi connectivity index (χ2n) is 6.80. The first-order valence-electron chi connectivity index (χ1n) is 9.12. The van der Waals surface area contributed by atoms with E-state index in [2.05, 4.69) is 4.18 Å². The van der Waals surface area contributed by atoms with Crippen LogP contribution in [0.5, 0.6) is 0 Å². The van der Waals surface area contributed by atoms with Crippen LogP contribution < -0.4 is 0 Å². The van der Waals surface area contributed by atoms with E-state index in [-0.39, 0.29) is 12.2 Å². The molecule has 0 bridgehead atoms. The van der Waals surface area contributed by atoms with Gasteiger partial charge in [0.15, 0.2) is 5.25 Å². The zero-order chi connectivity index (χ0) is 18.3. The second kappa shape index (κ2) is 9.52. The number of carbonyl (C=O) groups excluding carboxylic acids is 2. The van der Waals surface area contributed by atoms with E-state index in [1.807, 2.05) is 0 Å². The molecule has 0 amide bonds. The average Bonchev–Trinajstić information content (AvgIpc) is 2.61. The number of esters is 2. The fourth-order valence-electron chi connectivity index (χ4n) is 3.41. The van der Waals surface area contributed by atoms with Crippen molar-refractivity contribution in [1.29, 1.82) is 0 Å². The number of ether oxygens (including phenoxy) is 2. The molecule has 0 aromatic rings. The Morgan fingerprint density at radius 2 is 1.36 bits per heavy atom. The van der Waals surface area contributed by atoms with Gasteiger partial charge in [0.2, 0.25) is 0 Å². The summed E-state index contributed by atoms with van der Waals surface area (Å²) in [5.74, 6) is -1.62. The van der Waals surface area contributed by atoms with E-state index < -0.39 is 33.7 Å². The molecule has 2 aliphatic rings. The SMILES string of the molecule is COS(=O)(=O)C(CC(=O)OC1CCCCC1)C(=O)OC1CCCCC1. The van der Waals surface area contributed by atoms with E-state index in [9.17, 15) is 18.0 Å². The van der Waals surface area contributed by atoms with Gasteiger partial charge in [-0.1, -0.05) is 12.8 Å². The maximum absolute atomic E-state index is 12.4. The van der Waals surface area contributed by atoms with Crippen molar-refractivity contribution in [1.82, 2.24) is 0 Å². The van der Waals surface area contributed by atoms with Gasteiger partial charge in [-0.3, -0.25) is 13.8 Å². The van der Waals surface area contributed by atoms with Crippen LogP contribution in [0.25, 0.3) is 0 Å². The molecule has 25 heavy (non-hydrogen) atoms. The van der Waals surface area contributed by atoms with Crippen molar-refractivity contribution < 1.29 is 31.7 Å². The van der Waals surface area contributed by atoms with E-state index in [1.165, 1.54) is 0 Å². The zero-order valence-electron chi connectivity index (χ0n) is 14.8. The minimum Gasteiger partial charge on any atom is -0.462 e. The maximum Gasteiger partial charge on any atom is 0.327 e. The van der Waals surface area contributed by atoms with Crippen LogP contribution in [0.4, 0.5) is 0 Å². The lowest BCUT2D eigenvalue weighted by Gasteiger charge is -2.25. The van der Waals surface area contributed by atoms with Crippen molar-refractivity contribution >= 4 is 22.1 Å². The lowest BCUT2D eigenvalue weighted by atomic mass is 9.98. The van der Waals surface area contributed by atoms with Gasteiger partial charge in [-0.05, 0) is 51.4 Å². The highest BCUT2D eigenvalue weighted by molar-refractivity contribution is 7.88. The van der Waals surface area contributed by atoms with E-state index in [4.69, 9.17) is 9.47 Å². The quantitative estimate of drug-likeness (QED) is 0.497. The second-order valence-corrected chi connectivity index (χ2v) is 8.69. The van der Waals surface area contributed by atoms with E-state index in [0.717, 1.165) is 71.3 Å². The smallest absolute Gasteiger partial charge is 0.327 e. The molecule has 2 fully saturated rings. The molecule has 144 valence electrons. The maximum atomic E-state index is 12.4.